The van der Waals surface area contributed by atoms with Crippen molar-refractivity contribution in [2.24, 2.45) is 5.73 Å². The number of nitrogens with two attached hydrogens (primary N) is 1. The van der Waals surface area contributed by atoms with E-state index < -0.39 is 37.7 Å². The fraction of sp³-hybridized carbons (Fsp3) is 0.316. The number of hydrogen-bond donors (Lipinski definition) is 1. The Labute approximate surface area is 175 Å². The molecule has 12 heteroatoms. The summed E-state index contributed by atoms with van der Waals surface area (Å²) < 4.78 is 61.3. The van der Waals surface area contributed by atoms with Crippen molar-refractivity contribution >= 4 is 27.5 Å². The predicted octanol–water partition coefficient (Wildman–Crippen LogP) is 2.34. The molecule has 2 heterocycles. The molecule has 1 spiro atoms. The van der Waals surface area contributed by atoms with Crippen molar-refractivity contribution in [1.29, 1.82) is 0 Å². The molecule has 4 rings (SSSR count). The highest BCUT2D eigenvalue weighted by Gasteiger charge is 2.65. The highest BCUT2D eigenvalue weighted by Crippen LogP contribution is 2.50. The number of sulfone groups is 1. The number of urea groups is 1. The molecule has 164 valence electrons. The van der Waals surface area contributed by atoms with Crippen LogP contribution in [0.5, 0.6) is 0 Å². The van der Waals surface area contributed by atoms with Gasteiger partial charge in [0.05, 0.1) is 10.6 Å². The van der Waals surface area contributed by atoms with Crippen molar-refractivity contribution < 1.29 is 31.2 Å². The highest BCUT2D eigenvalue weighted by molar-refractivity contribution is 7.92. The number of halogens is 3. The van der Waals surface area contributed by atoms with Crippen molar-refractivity contribution in [2.75, 3.05) is 4.90 Å². The number of imide groups is 1. The van der Waals surface area contributed by atoms with Crippen molar-refractivity contribution in [3.63, 3.8) is 0 Å². The first kappa shape index (κ1) is 21.2. The molecule has 2 fully saturated rings. The number of rotatable bonds is 5. The molecular formula is C19H17F3N4O4S. The fourth-order valence-corrected chi connectivity index (χ4v) is 4.40. The monoisotopic (exact) mass is 454 g/mol. The van der Waals surface area contributed by atoms with Gasteiger partial charge in [0.2, 0.25) is 0 Å². The molecule has 0 unspecified atom stereocenters. The van der Waals surface area contributed by atoms with E-state index in [0.29, 0.717) is 12.8 Å². The third-order valence-corrected chi connectivity index (χ3v) is 7.03. The van der Waals surface area contributed by atoms with Gasteiger partial charge in [-0.3, -0.25) is 9.78 Å². The average molecular weight is 454 g/mol. The number of anilines is 1. The summed E-state index contributed by atoms with van der Waals surface area (Å²) in [4.78, 5) is 31.5. The summed E-state index contributed by atoms with van der Waals surface area (Å²) >= 11 is 0. The van der Waals surface area contributed by atoms with Crippen molar-refractivity contribution in [1.82, 2.24) is 9.88 Å². The minimum Gasteiger partial charge on any atom is -0.326 e. The number of nitrogens with zero attached hydrogens (tertiary/aromatic N) is 3. The van der Waals surface area contributed by atoms with Gasteiger partial charge in [-0.05, 0) is 54.3 Å². The average Bonchev–Trinajstić information content (AvgIpc) is 3.50. The van der Waals surface area contributed by atoms with Crippen molar-refractivity contribution in [3.05, 3.63) is 53.9 Å². The van der Waals surface area contributed by atoms with E-state index in [9.17, 15) is 31.2 Å². The lowest BCUT2D eigenvalue weighted by Gasteiger charge is -2.22. The first-order valence-corrected chi connectivity index (χ1v) is 10.7. The Morgan fingerprint density at radius 2 is 1.71 bits per heavy atom. The Morgan fingerprint density at radius 1 is 1.06 bits per heavy atom. The van der Waals surface area contributed by atoms with Crippen LogP contribution < -0.4 is 10.6 Å². The summed E-state index contributed by atoms with van der Waals surface area (Å²) in [5.41, 5.74) is 0.711. The van der Waals surface area contributed by atoms with Crippen LogP contribution in [0, 0.1) is 0 Å². The number of amides is 3. The summed E-state index contributed by atoms with van der Waals surface area (Å²) in [6, 6.07) is 4.58. The Morgan fingerprint density at radius 3 is 2.26 bits per heavy atom. The van der Waals surface area contributed by atoms with Gasteiger partial charge >= 0.3 is 11.5 Å². The van der Waals surface area contributed by atoms with Crippen LogP contribution >= 0.6 is 0 Å². The Balaban J connectivity index is 1.65. The van der Waals surface area contributed by atoms with Crippen LogP contribution in [0.3, 0.4) is 0 Å². The van der Waals surface area contributed by atoms with E-state index in [2.05, 4.69) is 4.98 Å². The number of aromatic nitrogens is 1. The molecule has 2 N–H and O–H groups in total. The maximum Gasteiger partial charge on any atom is 0.501 e. The number of alkyl halides is 3. The number of pyridine rings is 1. The summed E-state index contributed by atoms with van der Waals surface area (Å²) in [7, 11) is -5.53. The number of carbonyl (C=O) groups is 2. The lowest BCUT2D eigenvalue weighted by Crippen LogP contribution is -2.36. The van der Waals surface area contributed by atoms with Crippen LogP contribution in [0.2, 0.25) is 0 Å². The number of carbonyl (C=O) groups excluding carboxylic acids is 2. The topological polar surface area (TPSA) is 114 Å². The molecule has 1 aliphatic carbocycles. The van der Waals surface area contributed by atoms with Crippen LogP contribution in [0.15, 0.2) is 47.6 Å². The predicted molar refractivity (Wildman–Crippen MR) is 102 cm³/mol. The smallest absolute Gasteiger partial charge is 0.326 e. The molecule has 0 atom stereocenters. The summed E-state index contributed by atoms with van der Waals surface area (Å²) in [5, 5.41) is 0. The van der Waals surface area contributed by atoms with E-state index in [-0.39, 0.29) is 18.8 Å². The lowest BCUT2D eigenvalue weighted by atomic mass is 10.1. The van der Waals surface area contributed by atoms with E-state index in [4.69, 9.17) is 5.73 Å². The van der Waals surface area contributed by atoms with Crippen molar-refractivity contribution in [2.45, 2.75) is 41.9 Å². The van der Waals surface area contributed by atoms with Gasteiger partial charge in [0.15, 0.2) is 0 Å². The molecule has 1 aliphatic heterocycles. The molecule has 1 aromatic carbocycles. The summed E-state index contributed by atoms with van der Waals surface area (Å²) in [6.07, 6.45) is 4.04. The van der Waals surface area contributed by atoms with Crippen molar-refractivity contribution in [3.8, 4) is 0 Å². The molecule has 2 aliphatic rings. The molecule has 31 heavy (non-hydrogen) atoms. The molecule has 0 radical (unpaired) electrons. The third kappa shape index (κ3) is 3.26. The number of benzene rings is 1. The second-order valence-corrected chi connectivity index (χ2v) is 9.27. The first-order chi connectivity index (χ1) is 14.5. The highest BCUT2D eigenvalue weighted by atomic mass is 32.2. The zero-order valence-electron chi connectivity index (χ0n) is 16.0. The van der Waals surface area contributed by atoms with Gasteiger partial charge in [-0.25, -0.2) is 18.1 Å². The standard InChI is InChI=1S/C19H17F3N4O4S/c20-19(21,22)31(29,30)15-3-1-14(2-4-15)26-16(27)18(6-7-18)25(17(26)28)11-12-5-8-24-10-13(12)9-23/h1-5,8,10H,6-7,9,11,23H2. The minimum absolute atomic E-state index is 0.00123. The summed E-state index contributed by atoms with van der Waals surface area (Å²) in [6.45, 7) is 0.321. The Hall–Kier alpha value is -2.99. The third-order valence-electron chi connectivity index (χ3n) is 5.53. The van der Waals surface area contributed by atoms with Gasteiger partial charge in [-0.1, -0.05) is 0 Å². The fourth-order valence-electron chi connectivity index (χ4n) is 3.64. The number of hydrogen-bond acceptors (Lipinski definition) is 6. The molecule has 1 aromatic heterocycles. The van der Waals surface area contributed by atoms with Crippen LogP contribution in [0.4, 0.5) is 23.7 Å². The van der Waals surface area contributed by atoms with Gasteiger partial charge in [-0.15, -0.1) is 0 Å². The second-order valence-electron chi connectivity index (χ2n) is 7.33. The van der Waals surface area contributed by atoms with E-state index >= 15 is 0 Å². The normalized spacial score (nSPS) is 18.2. The lowest BCUT2D eigenvalue weighted by molar-refractivity contribution is -0.120. The first-order valence-electron chi connectivity index (χ1n) is 9.22. The van der Waals surface area contributed by atoms with Crippen LogP contribution in [0.25, 0.3) is 0 Å². The Kier molecular flexibility index (Phi) is 4.81. The van der Waals surface area contributed by atoms with E-state index in [1.807, 2.05) is 0 Å². The van der Waals surface area contributed by atoms with Crippen LogP contribution in [-0.2, 0) is 27.7 Å². The molecule has 1 saturated carbocycles. The summed E-state index contributed by atoms with van der Waals surface area (Å²) in [5.74, 6) is -0.493. The van der Waals surface area contributed by atoms with E-state index in [1.54, 1.807) is 18.5 Å². The van der Waals surface area contributed by atoms with E-state index in [1.165, 1.54) is 4.90 Å². The molecule has 3 amide bonds. The molecule has 1 saturated heterocycles. The zero-order chi connectivity index (χ0) is 22.6. The minimum atomic E-state index is -5.53. The maximum absolute atomic E-state index is 13.1. The Bertz CT molecular complexity index is 1160. The van der Waals surface area contributed by atoms with Gasteiger partial charge in [0, 0.05) is 25.5 Å². The molecule has 0 bridgehead atoms. The van der Waals surface area contributed by atoms with Gasteiger partial charge in [0.1, 0.15) is 5.54 Å². The second kappa shape index (κ2) is 7.02. The molecule has 8 nitrogen and oxygen atoms in total. The van der Waals surface area contributed by atoms with Crippen LogP contribution in [-0.4, -0.2) is 41.3 Å². The molecule has 2 aromatic rings. The maximum atomic E-state index is 13.1. The van der Waals surface area contributed by atoms with Crippen LogP contribution in [0.1, 0.15) is 24.0 Å². The van der Waals surface area contributed by atoms with Gasteiger partial charge in [-0.2, -0.15) is 13.2 Å². The van der Waals surface area contributed by atoms with E-state index in [0.717, 1.165) is 40.3 Å². The SMILES string of the molecule is NCc1cnccc1CN1C(=O)N(c2ccc(S(=O)(=O)C(F)(F)F)cc2)C(=O)C12CC2. The van der Waals surface area contributed by atoms with Gasteiger partial charge < -0.3 is 10.6 Å². The quantitative estimate of drug-likeness (QED) is 0.694. The molecular weight excluding hydrogens is 437 g/mol. The largest absolute Gasteiger partial charge is 0.501 e. The zero-order valence-corrected chi connectivity index (χ0v) is 16.8. The van der Waals surface area contributed by atoms with Gasteiger partial charge in [0.25, 0.3) is 15.7 Å².